The fourth-order valence-electron chi connectivity index (χ4n) is 0.580. The van der Waals surface area contributed by atoms with Crippen LogP contribution < -0.4 is 0 Å². The molecule has 0 aliphatic carbocycles. The van der Waals surface area contributed by atoms with Crippen LogP contribution in [0.5, 0.6) is 0 Å². The Bertz CT molecular complexity index is 94.5. The molecule has 0 saturated heterocycles. The van der Waals surface area contributed by atoms with Gasteiger partial charge in [-0.25, -0.2) is 0 Å². The lowest BCUT2D eigenvalue weighted by molar-refractivity contribution is 0.706. The van der Waals surface area contributed by atoms with E-state index in [4.69, 9.17) is 5.53 Å². The van der Waals surface area contributed by atoms with Gasteiger partial charge in [-0.05, 0) is 12.0 Å². The lowest BCUT2D eigenvalue weighted by Crippen LogP contribution is -1.72. The molecule has 0 aromatic heterocycles. The Morgan fingerprint density at radius 2 is 2.33 bits per heavy atom. The van der Waals surface area contributed by atoms with Gasteiger partial charge in [-0.1, -0.05) is 31.3 Å². The highest BCUT2D eigenvalue weighted by atomic mass is 15.1. The Kier molecular flexibility index (Phi) is 6.75. The highest BCUT2D eigenvalue weighted by molar-refractivity contribution is 4.60. The second kappa shape index (κ2) is 7.31. The molecule has 3 heteroatoms. The van der Waals surface area contributed by atoms with Crippen molar-refractivity contribution in [2.45, 2.75) is 32.6 Å². The molecule has 0 aromatic rings. The number of hydrogen-bond donors (Lipinski definition) is 0. The van der Waals surface area contributed by atoms with Gasteiger partial charge in [-0.2, -0.15) is 0 Å². The SMILES string of the molecule is CCCCC[CH]N=[N+]=[N-]. The molecule has 0 rings (SSSR count). The van der Waals surface area contributed by atoms with Crippen LogP contribution in [0.25, 0.3) is 10.4 Å². The molecule has 0 heterocycles. The summed E-state index contributed by atoms with van der Waals surface area (Å²) in [6, 6.07) is 0. The first-order valence-electron chi connectivity index (χ1n) is 3.27. The molecule has 0 atom stereocenters. The molecule has 0 aliphatic heterocycles. The van der Waals surface area contributed by atoms with Crippen LogP contribution in [-0.4, -0.2) is 0 Å². The van der Waals surface area contributed by atoms with Gasteiger partial charge in [0.25, 0.3) is 0 Å². The van der Waals surface area contributed by atoms with Gasteiger partial charge in [0.1, 0.15) is 0 Å². The van der Waals surface area contributed by atoms with E-state index in [9.17, 15) is 0 Å². The minimum atomic E-state index is 0.915. The van der Waals surface area contributed by atoms with Crippen LogP contribution in [0, 0.1) is 6.54 Å². The van der Waals surface area contributed by atoms with Crippen molar-refractivity contribution in [1.29, 1.82) is 0 Å². The number of rotatable bonds is 5. The van der Waals surface area contributed by atoms with Gasteiger partial charge in [-0.15, -0.1) is 0 Å². The van der Waals surface area contributed by atoms with E-state index in [2.05, 4.69) is 16.9 Å². The van der Waals surface area contributed by atoms with E-state index in [1.165, 1.54) is 12.8 Å². The topological polar surface area (TPSA) is 48.8 Å². The predicted molar refractivity (Wildman–Crippen MR) is 37.6 cm³/mol. The quantitative estimate of drug-likeness (QED) is 0.235. The van der Waals surface area contributed by atoms with Crippen LogP contribution in [0.3, 0.4) is 0 Å². The molecular formula is C6H12N3. The van der Waals surface area contributed by atoms with Crippen LogP contribution in [0.2, 0.25) is 0 Å². The van der Waals surface area contributed by atoms with E-state index >= 15 is 0 Å². The van der Waals surface area contributed by atoms with Crippen molar-refractivity contribution in [3.63, 3.8) is 0 Å². The summed E-state index contributed by atoms with van der Waals surface area (Å²) in [7, 11) is 0. The van der Waals surface area contributed by atoms with Gasteiger partial charge in [0.05, 0.1) is 0 Å². The van der Waals surface area contributed by atoms with Crippen molar-refractivity contribution in [3.05, 3.63) is 17.0 Å². The molecular weight excluding hydrogens is 114 g/mol. The Morgan fingerprint density at radius 1 is 1.56 bits per heavy atom. The lowest BCUT2D eigenvalue weighted by Gasteiger charge is -1.90. The van der Waals surface area contributed by atoms with Gasteiger partial charge >= 0.3 is 0 Å². The van der Waals surface area contributed by atoms with Crippen LogP contribution in [0.15, 0.2) is 5.11 Å². The molecule has 0 aliphatic rings. The molecule has 9 heavy (non-hydrogen) atoms. The second-order valence-electron chi connectivity index (χ2n) is 1.88. The summed E-state index contributed by atoms with van der Waals surface area (Å²) in [5.74, 6) is 0. The number of hydrogen-bond acceptors (Lipinski definition) is 1. The van der Waals surface area contributed by atoms with Crippen molar-refractivity contribution >= 4 is 0 Å². The van der Waals surface area contributed by atoms with Gasteiger partial charge in [0.15, 0.2) is 0 Å². The summed E-state index contributed by atoms with van der Waals surface area (Å²) in [6.07, 6.45) is 4.48. The number of unbranched alkanes of at least 4 members (excludes halogenated alkanes) is 3. The summed E-state index contributed by atoms with van der Waals surface area (Å²) in [5.41, 5.74) is 7.85. The first-order valence-corrected chi connectivity index (χ1v) is 3.27. The maximum atomic E-state index is 7.85. The third-order valence-corrected chi connectivity index (χ3v) is 1.07. The standard InChI is InChI=1S/C6H12N3/c1-2-3-4-5-6-8-9-7/h6H,2-5H2,1H3. The third-order valence-electron chi connectivity index (χ3n) is 1.07. The summed E-state index contributed by atoms with van der Waals surface area (Å²) in [4.78, 5) is 2.60. The van der Waals surface area contributed by atoms with Gasteiger partial charge in [0, 0.05) is 11.5 Å². The van der Waals surface area contributed by atoms with Gasteiger partial charge < -0.3 is 0 Å². The first-order chi connectivity index (χ1) is 4.41. The van der Waals surface area contributed by atoms with E-state index in [0.29, 0.717) is 0 Å². The monoisotopic (exact) mass is 126 g/mol. The van der Waals surface area contributed by atoms with Crippen molar-refractivity contribution in [2.24, 2.45) is 5.11 Å². The van der Waals surface area contributed by atoms with Crippen LogP contribution in [0.1, 0.15) is 32.6 Å². The molecule has 0 fully saturated rings. The molecule has 0 unspecified atom stereocenters. The zero-order valence-electron chi connectivity index (χ0n) is 5.75. The van der Waals surface area contributed by atoms with E-state index in [0.717, 1.165) is 12.8 Å². The Labute approximate surface area is 55.7 Å². The lowest BCUT2D eigenvalue weighted by atomic mass is 10.2. The first kappa shape index (κ1) is 8.31. The fraction of sp³-hybridized carbons (Fsp3) is 0.833. The summed E-state index contributed by atoms with van der Waals surface area (Å²) in [5, 5.41) is 3.30. The number of nitrogens with zero attached hydrogens (tertiary/aromatic N) is 3. The molecule has 0 aromatic carbocycles. The molecule has 0 bridgehead atoms. The van der Waals surface area contributed by atoms with Crippen LogP contribution >= 0.6 is 0 Å². The smallest absolute Gasteiger partial charge is 0.0458 e. The molecule has 0 N–H and O–H groups in total. The van der Waals surface area contributed by atoms with Crippen molar-refractivity contribution in [1.82, 2.24) is 0 Å². The van der Waals surface area contributed by atoms with E-state index in [-0.39, 0.29) is 0 Å². The third kappa shape index (κ3) is 7.31. The minimum Gasteiger partial charge on any atom is -0.0902 e. The molecule has 1 radical (unpaired) electrons. The average molecular weight is 126 g/mol. The van der Waals surface area contributed by atoms with Gasteiger partial charge in [0.2, 0.25) is 0 Å². The summed E-state index contributed by atoms with van der Waals surface area (Å²) >= 11 is 0. The molecule has 0 saturated carbocycles. The Hall–Kier alpha value is -0.690. The largest absolute Gasteiger partial charge is 0.0902 e. The summed E-state index contributed by atoms with van der Waals surface area (Å²) < 4.78 is 0. The highest BCUT2D eigenvalue weighted by Gasteiger charge is 1.83. The van der Waals surface area contributed by atoms with Crippen LogP contribution in [0.4, 0.5) is 0 Å². The Balaban J connectivity index is 2.82. The van der Waals surface area contributed by atoms with Crippen LogP contribution in [-0.2, 0) is 0 Å². The molecule has 51 valence electrons. The predicted octanol–water partition coefficient (Wildman–Crippen LogP) is 3.04. The highest BCUT2D eigenvalue weighted by Crippen LogP contribution is 2.01. The van der Waals surface area contributed by atoms with Crippen molar-refractivity contribution in [2.75, 3.05) is 0 Å². The number of azide groups is 1. The average Bonchev–Trinajstić information content (AvgIpc) is 1.89. The zero-order chi connectivity index (χ0) is 6.95. The molecule has 0 spiro atoms. The maximum absolute atomic E-state index is 7.85. The van der Waals surface area contributed by atoms with E-state index in [1.54, 1.807) is 6.54 Å². The van der Waals surface area contributed by atoms with Crippen molar-refractivity contribution in [3.8, 4) is 0 Å². The van der Waals surface area contributed by atoms with Gasteiger partial charge in [-0.3, -0.25) is 0 Å². The molecule has 0 amide bonds. The van der Waals surface area contributed by atoms with E-state index < -0.39 is 0 Å². The zero-order valence-corrected chi connectivity index (χ0v) is 5.75. The summed E-state index contributed by atoms with van der Waals surface area (Å²) in [6.45, 7) is 3.77. The van der Waals surface area contributed by atoms with Crippen molar-refractivity contribution < 1.29 is 0 Å². The second-order valence-corrected chi connectivity index (χ2v) is 1.88. The normalized spacial score (nSPS) is 8.56. The molecule has 3 nitrogen and oxygen atoms in total. The van der Waals surface area contributed by atoms with E-state index in [1.807, 2.05) is 0 Å². The minimum absolute atomic E-state index is 0.915. The fourth-order valence-corrected chi connectivity index (χ4v) is 0.580. The maximum Gasteiger partial charge on any atom is 0.0458 e. The Morgan fingerprint density at radius 3 is 2.89 bits per heavy atom.